The molecule has 1 aromatic carbocycles. The van der Waals surface area contributed by atoms with E-state index in [9.17, 15) is 0 Å². The molecule has 1 heterocycles. The summed E-state index contributed by atoms with van der Waals surface area (Å²) in [6.45, 7) is 12.1. The fourth-order valence-electron chi connectivity index (χ4n) is 2.74. The van der Waals surface area contributed by atoms with Crippen molar-refractivity contribution in [3.63, 3.8) is 0 Å². The maximum atomic E-state index is 5.78. The fraction of sp³-hybridized carbons (Fsp3) is 0.650. The maximum Gasteiger partial charge on any atom is 0.191 e. The summed E-state index contributed by atoms with van der Waals surface area (Å²) in [6, 6.07) is 8.21. The van der Waals surface area contributed by atoms with Gasteiger partial charge in [-0.05, 0) is 31.0 Å². The highest BCUT2D eigenvalue weighted by Crippen LogP contribution is 2.14. The summed E-state index contributed by atoms with van der Waals surface area (Å²) in [5.74, 6) is 1.79. The van der Waals surface area contributed by atoms with E-state index in [0.717, 1.165) is 82.7 Å². The molecule has 2 N–H and O–H groups in total. The van der Waals surface area contributed by atoms with Crippen LogP contribution in [0.15, 0.2) is 29.3 Å². The van der Waals surface area contributed by atoms with Crippen LogP contribution in [0.4, 0.5) is 0 Å². The van der Waals surface area contributed by atoms with Gasteiger partial charge in [-0.15, -0.1) is 24.0 Å². The first-order valence-corrected chi connectivity index (χ1v) is 9.85. The minimum absolute atomic E-state index is 0. The first-order chi connectivity index (χ1) is 12.8. The number of hydrogen-bond acceptors (Lipinski definition) is 4. The Kier molecular flexibility index (Phi) is 13.3. The summed E-state index contributed by atoms with van der Waals surface area (Å²) < 4.78 is 11.2. The first kappa shape index (κ1) is 24.0. The Morgan fingerprint density at radius 1 is 1.22 bits per heavy atom. The molecule has 6 nitrogen and oxygen atoms in total. The van der Waals surface area contributed by atoms with E-state index in [-0.39, 0.29) is 24.0 Å². The number of unbranched alkanes of at least 4 members (excludes halogenated alkanes) is 1. The summed E-state index contributed by atoms with van der Waals surface area (Å²) in [5, 5.41) is 6.73. The molecule has 154 valence electrons. The lowest BCUT2D eigenvalue weighted by atomic mass is 10.2. The second-order valence-electron chi connectivity index (χ2n) is 6.43. The van der Waals surface area contributed by atoms with E-state index in [1.165, 1.54) is 0 Å². The Morgan fingerprint density at radius 3 is 2.78 bits per heavy atom. The molecule has 0 radical (unpaired) electrons. The molecule has 7 heteroatoms. The van der Waals surface area contributed by atoms with Gasteiger partial charge in [0.1, 0.15) is 5.75 Å². The van der Waals surface area contributed by atoms with Gasteiger partial charge in [0.25, 0.3) is 0 Å². The number of rotatable bonds is 10. The van der Waals surface area contributed by atoms with Crippen LogP contribution in [0.3, 0.4) is 0 Å². The summed E-state index contributed by atoms with van der Waals surface area (Å²) in [5.41, 5.74) is 1.16. The Morgan fingerprint density at radius 2 is 2.04 bits per heavy atom. The Balaban J connectivity index is 0.00000364. The van der Waals surface area contributed by atoms with E-state index in [1.807, 2.05) is 12.1 Å². The van der Waals surface area contributed by atoms with Gasteiger partial charge in [-0.2, -0.15) is 0 Å². The van der Waals surface area contributed by atoms with Crippen LogP contribution in [-0.2, 0) is 11.3 Å². The zero-order chi connectivity index (χ0) is 18.5. The minimum atomic E-state index is 0. The van der Waals surface area contributed by atoms with Crippen molar-refractivity contribution in [2.45, 2.75) is 33.2 Å². The van der Waals surface area contributed by atoms with Gasteiger partial charge in [0, 0.05) is 32.7 Å². The summed E-state index contributed by atoms with van der Waals surface area (Å²) in [4.78, 5) is 7.11. The van der Waals surface area contributed by atoms with E-state index in [1.54, 1.807) is 0 Å². The van der Waals surface area contributed by atoms with Crippen molar-refractivity contribution in [3.8, 4) is 5.75 Å². The Bertz CT molecular complexity index is 536. The number of hydrogen-bond donors (Lipinski definition) is 2. The molecule has 0 bridgehead atoms. The highest BCUT2D eigenvalue weighted by Gasteiger charge is 2.09. The van der Waals surface area contributed by atoms with Crippen LogP contribution in [-0.4, -0.2) is 63.4 Å². The van der Waals surface area contributed by atoms with Crippen molar-refractivity contribution < 1.29 is 9.47 Å². The third-order valence-electron chi connectivity index (χ3n) is 4.25. The largest absolute Gasteiger partial charge is 0.494 e. The van der Waals surface area contributed by atoms with Gasteiger partial charge in [0.15, 0.2) is 5.96 Å². The first-order valence-electron chi connectivity index (χ1n) is 9.85. The lowest BCUT2D eigenvalue weighted by molar-refractivity contribution is 0.0389. The molecule has 2 rings (SSSR count). The van der Waals surface area contributed by atoms with E-state index >= 15 is 0 Å². The molecular weight excluding hydrogens is 455 g/mol. The monoisotopic (exact) mass is 490 g/mol. The Labute approximate surface area is 181 Å². The van der Waals surface area contributed by atoms with Crippen LogP contribution in [0.1, 0.15) is 32.3 Å². The molecule has 1 aliphatic rings. The zero-order valence-electron chi connectivity index (χ0n) is 16.7. The summed E-state index contributed by atoms with van der Waals surface area (Å²) in [6.07, 6.45) is 2.23. The van der Waals surface area contributed by atoms with E-state index < -0.39 is 0 Å². The molecule has 1 aromatic rings. The third-order valence-corrected chi connectivity index (χ3v) is 4.25. The predicted octanol–water partition coefficient (Wildman–Crippen LogP) is 2.87. The highest BCUT2D eigenvalue weighted by atomic mass is 127. The number of nitrogens with one attached hydrogen (secondary N) is 2. The molecule has 0 aromatic heterocycles. The fourth-order valence-corrected chi connectivity index (χ4v) is 2.74. The molecule has 27 heavy (non-hydrogen) atoms. The lowest BCUT2D eigenvalue weighted by Crippen LogP contribution is -2.44. The SMILES string of the molecule is CCCCOc1cccc(CN=C(NCC)NCCN2CCOCC2)c1.I. The lowest BCUT2D eigenvalue weighted by Gasteiger charge is -2.26. The van der Waals surface area contributed by atoms with Crippen LogP contribution < -0.4 is 15.4 Å². The molecule has 1 saturated heterocycles. The zero-order valence-corrected chi connectivity index (χ0v) is 19.0. The van der Waals surface area contributed by atoms with Gasteiger partial charge in [0.05, 0.1) is 26.4 Å². The minimum Gasteiger partial charge on any atom is -0.494 e. The van der Waals surface area contributed by atoms with Crippen molar-refractivity contribution in [3.05, 3.63) is 29.8 Å². The molecule has 0 unspecified atom stereocenters. The molecule has 1 aliphatic heterocycles. The number of nitrogens with zero attached hydrogens (tertiary/aromatic N) is 2. The van der Waals surface area contributed by atoms with Gasteiger partial charge in [0.2, 0.25) is 0 Å². The van der Waals surface area contributed by atoms with E-state index in [2.05, 4.69) is 41.5 Å². The average Bonchev–Trinajstić information content (AvgIpc) is 2.67. The summed E-state index contributed by atoms with van der Waals surface area (Å²) >= 11 is 0. The smallest absolute Gasteiger partial charge is 0.191 e. The quantitative estimate of drug-likeness (QED) is 0.229. The number of benzene rings is 1. The molecule has 0 saturated carbocycles. The van der Waals surface area contributed by atoms with Crippen molar-refractivity contribution >= 4 is 29.9 Å². The van der Waals surface area contributed by atoms with Gasteiger partial charge < -0.3 is 20.1 Å². The number of halogens is 1. The molecule has 0 aliphatic carbocycles. The number of ether oxygens (including phenoxy) is 2. The third kappa shape index (κ3) is 10.2. The predicted molar refractivity (Wildman–Crippen MR) is 122 cm³/mol. The van der Waals surface area contributed by atoms with Crippen molar-refractivity contribution in [2.75, 3.05) is 52.5 Å². The van der Waals surface area contributed by atoms with Gasteiger partial charge in [-0.25, -0.2) is 4.99 Å². The molecule has 0 spiro atoms. The number of morpholine rings is 1. The topological polar surface area (TPSA) is 58.1 Å². The second kappa shape index (κ2) is 14.9. The van der Waals surface area contributed by atoms with E-state index in [0.29, 0.717) is 6.54 Å². The van der Waals surface area contributed by atoms with E-state index in [4.69, 9.17) is 14.5 Å². The normalized spacial score (nSPS) is 15.1. The van der Waals surface area contributed by atoms with Gasteiger partial charge in [-0.3, -0.25) is 4.90 Å². The number of guanidine groups is 1. The molecule has 1 fully saturated rings. The highest BCUT2D eigenvalue weighted by molar-refractivity contribution is 14.0. The van der Waals surface area contributed by atoms with Crippen molar-refractivity contribution in [1.82, 2.24) is 15.5 Å². The van der Waals surface area contributed by atoms with Crippen molar-refractivity contribution in [1.29, 1.82) is 0 Å². The second-order valence-corrected chi connectivity index (χ2v) is 6.43. The van der Waals surface area contributed by atoms with Gasteiger partial charge in [-0.1, -0.05) is 25.5 Å². The van der Waals surface area contributed by atoms with Crippen LogP contribution in [0.5, 0.6) is 5.75 Å². The van der Waals surface area contributed by atoms with Gasteiger partial charge >= 0.3 is 0 Å². The Hall–Kier alpha value is -1.06. The summed E-state index contributed by atoms with van der Waals surface area (Å²) in [7, 11) is 0. The van der Waals surface area contributed by atoms with Crippen molar-refractivity contribution in [2.24, 2.45) is 4.99 Å². The van der Waals surface area contributed by atoms with Crippen LogP contribution in [0.2, 0.25) is 0 Å². The molecule has 0 amide bonds. The van der Waals surface area contributed by atoms with Crippen LogP contribution in [0.25, 0.3) is 0 Å². The standard InChI is InChI=1S/C20H34N4O2.HI/c1-3-5-13-26-19-8-6-7-18(16-19)17-23-20(21-4-2)22-9-10-24-11-14-25-15-12-24;/h6-8,16H,3-5,9-15,17H2,1-2H3,(H2,21,22,23);1H. The molecular formula is C20H35IN4O2. The van der Waals surface area contributed by atoms with Crippen LogP contribution >= 0.6 is 24.0 Å². The average molecular weight is 490 g/mol. The maximum absolute atomic E-state index is 5.78. The van der Waals surface area contributed by atoms with Crippen LogP contribution in [0, 0.1) is 0 Å². The molecule has 0 atom stereocenters. The number of aliphatic imine (C=N–C) groups is 1.